The van der Waals surface area contributed by atoms with Crippen molar-refractivity contribution in [2.45, 2.75) is 48.3 Å². The van der Waals surface area contributed by atoms with Crippen LogP contribution in [0.3, 0.4) is 0 Å². The van der Waals surface area contributed by atoms with Gasteiger partial charge in [-0.2, -0.15) is 4.31 Å². The molecule has 10 heteroatoms. The summed E-state index contributed by atoms with van der Waals surface area (Å²) in [7, 11) is -2.51. The molecule has 0 aliphatic carbocycles. The van der Waals surface area contributed by atoms with Crippen LogP contribution in [0.25, 0.3) is 11.1 Å². The Balaban J connectivity index is 1.59. The third-order valence-corrected chi connectivity index (χ3v) is 9.17. The highest BCUT2D eigenvalue weighted by atomic mass is 32.2. The molecule has 188 valence electrons. The first-order valence-corrected chi connectivity index (χ1v) is 13.4. The predicted octanol–water partition coefficient (Wildman–Crippen LogP) is 1.51. The van der Waals surface area contributed by atoms with E-state index in [9.17, 15) is 18.3 Å². The van der Waals surface area contributed by atoms with Gasteiger partial charge < -0.3 is 25.2 Å². The van der Waals surface area contributed by atoms with E-state index < -0.39 is 27.7 Å². The number of carbonyl (C=O) groups is 1. The molecule has 2 fully saturated rings. The Kier molecular flexibility index (Phi) is 6.47. The summed E-state index contributed by atoms with van der Waals surface area (Å²) in [5, 5.41) is 16.8. The maximum Gasteiger partial charge on any atom is 0.247 e. The van der Waals surface area contributed by atoms with Crippen LogP contribution in [0.1, 0.15) is 25.7 Å². The number of methoxy groups -OCH3 is 1. The van der Waals surface area contributed by atoms with Crippen LogP contribution in [0, 0.1) is 0 Å². The monoisotopic (exact) mass is 501 g/mol. The molecule has 0 unspecified atom stereocenters. The van der Waals surface area contributed by atoms with Gasteiger partial charge in [-0.05, 0) is 61.3 Å². The highest BCUT2D eigenvalue weighted by Gasteiger charge is 2.47. The van der Waals surface area contributed by atoms with Crippen LogP contribution in [-0.4, -0.2) is 74.8 Å². The fourth-order valence-electron chi connectivity index (χ4n) is 5.27. The summed E-state index contributed by atoms with van der Waals surface area (Å²) < 4.78 is 40.1. The Morgan fingerprint density at radius 3 is 2.66 bits per heavy atom. The van der Waals surface area contributed by atoms with Crippen molar-refractivity contribution in [1.29, 1.82) is 0 Å². The van der Waals surface area contributed by atoms with Crippen LogP contribution in [0.4, 0.5) is 0 Å². The lowest BCUT2D eigenvalue weighted by Crippen LogP contribution is -2.58. The van der Waals surface area contributed by atoms with Crippen molar-refractivity contribution in [3.05, 3.63) is 42.5 Å². The van der Waals surface area contributed by atoms with E-state index in [1.165, 1.54) is 6.07 Å². The van der Waals surface area contributed by atoms with E-state index in [1.807, 2.05) is 24.3 Å². The van der Waals surface area contributed by atoms with Crippen molar-refractivity contribution >= 4 is 15.9 Å². The molecule has 9 nitrogen and oxygen atoms in total. The second-order valence-corrected chi connectivity index (χ2v) is 11.4. The van der Waals surface area contributed by atoms with Crippen LogP contribution in [0.15, 0.2) is 47.4 Å². The van der Waals surface area contributed by atoms with E-state index in [0.29, 0.717) is 12.2 Å². The lowest BCUT2D eigenvalue weighted by Gasteiger charge is -2.39. The Morgan fingerprint density at radius 1 is 1.11 bits per heavy atom. The molecule has 0 aromatic heterocycles. The number of hydrogen-bond donors (Lipinski definition) is 3. The standard InChI is InChI=1S/C25H31N3O6S/c1-33-20-4-2-3-17(13-20)18-5-6-23-22(14-18)34-12-9-25(7-10-26-11-8-25)27-24(30)21-15-19(29)16-28(21)35(23,31)32/h2-6,13-14,19,21,26,29H,7-12,15-16H2,1H3,(H,27,30)/t19-,21+/m1/s1. The summed E-state index contributed by atoms with van der Waals surface area (Å²) in [5.74, 6) is 0.575. The van der Waals surface area contributed by atoms with Gasteiger partial charge in [0.25, 0.3) is 0 Å². The molecule has 3 heterocycles. The summed E-state index contributed by atoms with van der Waals surface area (Å²) >= 11 is 0. The van der Waals surface area contributed by atoms with Gasteiger partial charge >= 0.3 is 0 Å². The van der Waals surface area contributed by atoms with Gasteiger partial charge in [0.15, 0.2) is 0 Å². The summed E-state index contributed by atoms with van der Waals surface area (Å²) in [6, 6.07) is 11.5. The zero-order valence-corrected chi connectivity index (χ0v) is 20.5. The summed E-state index contributed by atoms with van der Waals surface area (Å²) in [6.45, 7) is 1.64. The third kappa shape index (κ3) is 4.63. The maximum absolute atomic E-state index is 13.8. The second-order valence-electron chi connectivity index (χ2n) is 9.49. The van der Waals surface area contributed by atoms with Crippen LogP contribution < -0.4 is 20.1 Å². The lowest BCUT2D eigenvalue weighted by molar-refractivity contribution is -0.126. The fraction of sp³-hybridized carbons (Fsp3) is 0.480. The topological polar surface area (TPSA) is 117 Å². The minimum Gasteiger partial charge on any atom is -0.497 e. The van der Waals surface area contributed by atoms with Gasteiger partial charge in [0.1, 0.15) is 22.4 Å². The van der Waals surface area contributed by atoms with E-state index in [1.54, 1.807) is 19.2 Å². The number of benzene rings is 2. The number of ether oxygens (including phenoxy) is 2. The maximum atomic E-state index is 13.8. The van der Waals surface area contributed by atoms with Crippen molar-refractivity contribution in [2.24, 2.45) is 0 Å². The first-order chi connectivity index (χ1) is 16.8. The summed E-state index contributed by atoms with van der Waals surface area (Å²) in [6.07, 6.45) is 1.16. The molecule has 1 amide bonds. The molecule has 3 aliphatic rings. The Bertz CT molecular complexity index is 1210. The van der Waals surface area contributed by atoms with Crippen LogP contribution in [0.5, 0.6) is 11.5 Å². The molecule has 2 aromatic rings. The number of hydrogen-bond acceptors (Lipinski definition) is 7. The van der Waals surface area contributed by atoms with Crippen molar-refractivity contribution in [1.82, 2.24) is 14.9 Å². The average Bonchev–Trinajstić information content (AvgIpc) is 3.26. The van der Waals surface area contributed by atoms with E-state index in [-0.39, 0.29) is 36.1 Å². The fourth-order valence-corrected chi connectivity index (χ4v) is 7.02. The predicted molar refractivity (Wildman–Crippen MR) is 130 cm³/mol. The number of fused-ring (bicyclic) bond motifs is 2. The largest absolute Gasteiger partial charge is 0.497 e. The van der Waals surface area contributed by atoms with Crippen molar-refractivity contribution in [3.63, 3.8) is 0 Å². The molecule has 35 heavy (non-hydrogen) atoms. The zero-order valence-electron chi connectivity index (χ0n) is 19.7. The van der Waals surface area contributed by atoms with Crippen molar-refractivity contribution in [3.8, 4) is 22.6 Å². The highest BCUT2D eigenvalue weighted by Crippen LogP contribution is 2.37. The Labute approximate surface area is 205 Å². The van der Waals surface area contributed by atoms with Gasteiger partial charge in [0, 0.05) is 24.9 Å². The summed E-state index contributed by atoms with van der Waals surface area (Å²) in [4.78, 5) is 13.3. The SMILES string of the molecule is COc1cccc(-c2ccc3c(c2)OCCC2(CCNCC2)NC(=O)[C@@H]2C[C@@H](O)CN2S3(=O)=O)c1. The Morgan fingerprint density at radius 2 is 1.89 bits per heavy atom. The van der Waals surface area contributed by atoms with Crippen LogP contribution in [-0.2, 0) is 14.8 Å². The van der Waals surface area contributed by atoms with Crippen LogP contribution >= 0.6 is 0 Å². The number of amides is 1. The molecular formula is C25H31N3O6S. The average molecular weight is 502 g/mol. The molecule has 2 aromatic carbocycles. The molecule has 5 rings (SSSR count). The van der Waals surface area contributed by atoms with Gasteiger partial charge in [-0.15, -0.1) is 0 Å². The molecule has 1 spiro atoms. The van der Waals surface area contributed by atoms with E-state index in [0.717, 1.165) is 41.4 Å². The number of piperidine rings is 1. The minimum absolute atomic E-state index is 0.00249. The number of nitrogens with zero attached hydrogens (tertiary/aromatic N) is 1. The van der Waals surface area contributed by atoms with Gasteiger partial charge in [0.2, 0.25) is 15.9 Å². The first-order valence-electron chi connectivity index (χ1n) is 12.0. The third-order valence-electron chi connectivity index (χ3n) is 7.26. The van der Waals surface area contributed by atoms with E-state index in [2.05, 4.69) is 10.6 Å². The molecule has 3 N–H and O–H groups in total. The number of carbonyl (C=O) groups excluding carboxylic acids is 1. The van der Waals surface area contributed by atoms with E-state index in [4.69, 9.17) is 9.47 Å². The smallest absolute Gasteiger partial charge is 0.247 e. The molecular weight excluding hydrogens is 470 g/mol. The van der Waals surface area contributed by atoms with Gasteiger partial charge in [0.05, 0.1) is 19.8 Å². The molecule has 2 saturated heterocycles. The normalized spacial score (nSPS) is 26.1. The lowest BCUT2D eigenvalue weighted by atomic mass is 9.85. The Hall–Kier alpha value is -2.66. The minimum atomic E-state index is -4.10. The number of sulfonamides is 1. The molecule has 0 radical (unpaired) electrons. The van der Waals surface area contributed by atoms with Crippen LogP contribution in [0.2, 0.25) is 0 Å². The van der Waals surface area contributed by atoms with Crippen molar-refractivity contribution < 1.29 is 27.8 Å². The van der Waals surface area contributed by atoms with E-state index >= 15 is 0 Å². The number of nitrogens with one attached hydrogen (secondary N) is 2. The highest BCUT2D eigenvalue weighted by molar-refractivity contribution is 7.89. The molecule has 2 atom stereocenters. The summed E-state index contributed by atoms with van der Waals surface area (Å²) in [5.41, 5.74) is 1.17. The van der Waals surface area contributed by atoms with Gasteiger partial charge in [-0.3, -0.25) is 4.79 Å². The molecule has 0 saturated carbocycles. The first kappa shape index (κ1) is 24.1. The number of rotatable bonds is 2. The second kappa shape index (κ2) is 9.42. The van der Waals surface area contributed by atoms with Gasteiger partial charge in [-0.25, -0.2) is 8.42 Å². The number of aliphatic hydroxyl groups excluding tert-OH is 1. The molecule has 0 bridgehead atoms. The number of aliphatic hydroxyl groups is 1. The van der Waals surface area contributed by atoms with Crippen molar-refractivity contribution in [2.75, 3.05) is 33.4 Å². The van der Waals surface area contributed by atoms with Gasteiger partial charge in [-0.1, -0.05) is 18.2 Å². The molecule has 3 aliphatic heterocycles. The zero-order chi connectivity index (χ0) is 24.6. The quantitative estimate of drug-likeness (QED) is 0.571.